The molecule has 0 saturated carbocycles. The Morgan fingerprint density at radius 3 is 0.929 bits per heavy atom. The summed E-state index contributed by atoms with van der Waals surface area (Å²) in [5.74, 6) is -13.5. The van der Waals surface area contributed by atoms with Gasteiger partial charge in [0.25, 0.3) is 0 Å². The number of benzene rings is 2. The van der Waals surface area contributed by atoms with Crippen molar-refractivity contribution in [3.63, 3.8) is 0 Å². The lowest BCUT2D eigenvalue weighted by atomic mass is 9.83. The molecule has 2 aromatic rings. The summed E-state index contributed by atoms with van der Waals surface area (Å²) in [6, 6.07) is 7.26. The zero-order valence-corrected chi connectivity index (χ0v) is 35.0. The molecule has 22 nitrogen and oxygen atoms in total. The van der Waals surface area contributed by atoms with Crippen LogP contribution in [-0.2, 0) is 38.4 Å². The molecule has 3 rings (SSSR count). The van der Waals surface area contributed by atoms with Crippen molar-refractivity contribution < 1.29 is 121 Å². The van der Waals surface area contributed by atoms with Gasteiger partial charge in [-0.15, -0.1) is 0 Å². The van der Waals surface area contributed by atoms with Crippen LogP contribution in [0.2, 0.25) is 0 Å². The summed E-state index contributed by atoms with van der Waals surface area (Å²) in [4.78, 5) is 110. The number of fused-ring (bicyclic) bond motifs is 2. The van der Waals surface area contributed by atoms with Crippen LogP contribution in [0.4, 0.5) is 64.1 Å². The maximum atomic E-state index is 13.2. The van der Waals surface area contributed by atoms with Crippen LogP contribution >= 0.6 is 0 Å². The van der Waals surface area contributed by atoms with E-state index >= 15 is 0 Å². The molecule has 0 spiro atoms. The first-order valence-electron chi connectivity index (χ1n) is 18.5. The summed E-state index contributed by atoms with van der Waals surface area (Å²) in [5.41, 5.74) is 23.3. The van der Waals surface area contributed by atoms with E-state index in [0.29, 0.717) is 24.2 Å². The molecule has 0 heterocycles. The summed E-state index contributed by atoms with van der Waals surface area (Å²) in [7, 11) is 0. The van der Waals surface area contributed by atoms with E-state index in [2.05, 4.69) is 21.3 Å². The van der Waals surface area contributed by atoms with Gasteiger partial charge < -0.3 is 64.6 Å². The van der Waals surface area contributed by atoms with Crippen molar-refractivity contribution in [2.24, 2.45) is 22.9 Å². The first-order valence-corrected chi connectivity index (χ1v) is 18.5. The first-order chi connectivity index (χ1) is 31.8. The number of nitrogens with two attached hydrogens (primary N) is 4. The molecule has 0 saturated heterocycles. The molecule has 0 fully saturated rings. The van der Waals surface area contributed by atoms with Crippen LogP contribution in [0.1, 0.15) is 57.5 Å². The Morgan fingerprint density at radius 2 is 0.714 bits per heavy atom. The smallest absolute Gasteiger partial charge is 0.475 e. The average molecular weight is 1040 g/mol. The molecule has 1 aliphatic rings. The molecular formula is C36H40F12N8O14. The number of alkyl halides is 12. The van der Waals surface area contributed by atoms with Gasteiger partial charge in [0.15, 0.2) is 11.6 Å². The molecule has 70 heavy (non-hydrogen) atoms. The standard InChI is InChI=1S/C28H36N8O6.4C2HF3O2/c29-9-5-21(31)27(41)33-11-7-23(37)35-15-1-3-17-19(13-15)26(40)18-4-2-16(14-20(18)25(17)39)36-24(38)8-12-34-28(42)22(32)6-10-30;4*3-2(4,5)1(6)7/h1-4,13-14,21-22H,5-12,29-32H2,(H,33,41)(H,34,42)(H,35,37)(H,36,38);4*(H,6,7). The number of ketones is 2. The number of anilines is 2. The number of halogens is 12. The third-order valence-electron chi connectivity index (χ3n) is 7.49. The van der Waals surface area contributed by atoms with Crippen molar-refractivity contribution in [3.05, 3.63) is 58.7 Å². The number of amides is 4. The Labute approximate surface area is 383 Å². The fourth-order valence-electron chi connectivity index (χ4n) is 4.23. The molecule has 2 atom stereocenters. The minimum absolute atomic E-state index is 0.0312. The van der Waals surface area contributed by atoms with Crippen molar-refractivity contribution >= 4 is 70.4 Å². The fourth-order valence-corrected chi connectivity index (χ4v) is 4.23. The zero-order chi connectivity index (χ0) is 55.1. The quantitative estimate of drug-likeness (QED) is 0.101. The van der Waals surface area contributed by atoms with Gasteiger partial charge in [-0.1, -0.05) is 0 Å². The topological polar surface area (TPSA) is 404 Å². The zero-order valence-electron chi connectivity index (χ0n) is 35.0. The maximum Gasteiger partial charge on any atom is 0.490 e. The highest BCUT2D eigenvalue weighted by Crippen LogP contribution is 2.31. The van der Waals surface area contributed by atoms with E-state index < -0.39 is 95.9 Å². The van der Waals surface area contributed by atoms with E-state index in [0.717, 1.165) is 0 Å². The predicted octanol–water partition coefficient (Wildman–Crippen LogP) is 1.24. The summed E-state index contributed by atoms with van der Waals surface area (Å²) in [6.45, 7) is 0.668. The third kappa shape index (κ3) is 25.1. The Morgan fingerprint density at radius 1 is 0.471 bits per heavy atom. The number of hydrogen-bond donors (Lipinski definition) is 12. The summed E-state index contributed by atoms with van der Waals surface area (Å²) in [5, 5.41) is 38.9. The monoisotopic (exact) mass is 1040 g/mol. The molecule has 0 aromatic heterocycles. The summed E-state index contributed by atoms with van der Waals surface area (Å²) >= 11 is 0. The molecule has 0 bridgehead atoms. The van der Waals surface area contributed by atoms with E-state index in [-0.39, 0.29) is 61.3 Å². The molecule has 16 N–H and O–H groups in total. The second kappa shape index (κ2) is 28.8. The highest BCUT2D eigenvalue weighted by molar-refractivity contribution is 6.29. The molecular weight excluding hydrogens is 996 g/mol. The van der Waals surface area contributed by atoms with Crippen molar-refractivity contribution in [2.45, 2.75) is 62.5 Å². The van der Waals surface area contributed by atoms with Gasteiger partial charge in [0.05, 0.1) is 12.1 Å². The number of aliphatic carboxylic acids is 4. The predicted molar refractivity (Wildman–Crippen MR) is 210 cm³/mol. The largest absolute Gasteiger partial charge is 0.490 e. The van der Waals surface area contributed by atoms with Crippen molar-refractivity contribution in [1.82, 2.24) is 10.6 Å². The molecule has 0 aliphatic heterocycles. The van der Waals surface area contributed by atoms with Crippen LogP contribution in [0.5, 0.6) is 0 Å². The van der Waals surface area contributed by atoms with E-state index in [9.17, 15) is 81.5 Å². The van der Waals surface area contributed by atoms with Crippen LogP contribution in [0.25, 0.3) is 0 Å². The lowest BCUT2D eigenvalue weighted by Crippen LogP contribution is -2.42. The third-order valence-corrected chi connectivity index (χ3v) is 7.49. The van der Waals surface area contributed by atoms with Gasteiger partial charge in [0, 0.05) is 59.6 Å². The molecule has 4 amide bonds. The number of carbonyl (C=O) groups is 10. The summed E-state index contributed by atoms with van der Waals surface area (Å²) < 4.78 is 127. The minimum Gasteiger partial charge on any atom is -0.475 e. The van der Waals surface area contributed by atoms with Gasteiger partial charge >= 0.3 is 48.6 Å². The molecule has 2 aromatic carbocycles. The maximum absolute atomic E-state index is 13.2. The lowest BCUT2D eigenvalue weighted by Gasteiger charge is -2.19. The van der Waals surface area contributed by atoms with Gasteiger partial charge in [-0.05, 0) is 62.3 Å². The van der Waals surface area contributed by atoms with Crippen molar-refractivity contribution in [3.8, 4) is 0 Å². The van der Waals surface area contributed by atoms with E-state index in [1.807, 2.05) is 0 Å². The number of hydrogen-bond acceptors (Lipinski definition) is 14. The molecule has 392 valence electrons. The van der Waals surface area contributed by atoms with E-state index in [4.69, 9.17) is 62.5 Å². The molecule has 34 heteroatoms. The highest BCUT2D eigenvalue weighted by Gasteiger charge is 2.40. The van der Waals surface area contributed by atoms with Crippen LogP contribution in [-0.4, -0.2) is 142 Å². The van der Waals surface area contributed by atoms with Gasteiger partial charge in [0.1, 0.15) is 0 Å². The van der Waals surface area contributed by atoms with Crippen LogP contribution in [0.15, 0.2) is 36.4 Å². The molecule has 0 radical (unpaired) electrons. The Balaban J connectivity index is 0. The van der Waals surface area contributed by atoms with Gasteiger partial charge in [0.2, 0.25) is 23.6 Å². The first kappa shape index (κ1) is 64.6. The number of carbonyl (C=O) groups excluding carboxylic acids is 6. The van der Waals surface area contributed by atoms with Crippen LogP contribution in [0, 0.1) is 0 Å². The normalized spacial score (nSPS) is 12.5. The number of nitrogens with one attached hydrogen (secondary N) is 4. The SMILES string of the molecule is NCCC(N)C(=O)NCCC(=O)Nc1ccc2c(c1)C(=O)c1ccc(NC(=O)CCNC(=O)C(N)CCN)cc1C2=O.O=C(O)C(F)(F)F.O=C(O)C(F)(F)F.O=C(O)C(F)(F)F.O=C(O)C(F)(F)F. The summed E-state index contributed by atoms with van der Waals surface area (Å²) in [6.07, 6.45) is -19.7. The number of carboxylic acid groups (broad SMARTS) is 4. The average Bonchev–Trinajstić information content (AvgIpc) is 3.22. The number of carboxylic acids is 4. The minimum atomic E-state index is -5.08. The molecule has 2 unspecified atom stereocenters. The molecule has 1 aliphatic carbocycles. The second-order valence-electron chi connectivity index (χ2n) is 12.9. The van der Waals surface area contributed by atoms with Gasteiger partial charge in [-0.25, -0.2) is 19.2 Å². The van der Waals surface area contributed by atoms with Gasteiger partial charge in [-0.2, -0.15) is 52.7 Å². The van der Waals surface area contributed by atoms with Crippen molar-refractivity contribution in [1.29, 1.82) is 0 Å². The lowest BCUT2D eigenvalue weighted by molar-refractivity contribution is -0.193. The Bertz CT molecular complexity index is 2000. The van der Waals surface area contributed by atoms with Crippen molar-refractivity contribution in [2.75, 3.05) is 36.8 Å². The Hall–Kier alpha value is -7.46. The van der Waals surface area contributed by atoms with Gasteiger partial charge in [-0.3, -0.25) is 28.8 Å². The second-order valence-corrected chi connectivity index (χ2v) is 12.9. The number of rotatable bonds is 14. The van der Waals surface area contributed by atoms with Crippen LogP contribution in [0.3, 0.4) is 0 Å². The fraction of sp³-hybridized carbons (Fsp3) is 0.389. The van der Waals surface area contributed by atoms with E-state index in [1.165, 1.54) is 36.4 Å². The van der Waals surface area contributed by atoms with Crippen LogP contribution < -0.4 is 44.2 Å². The highest BCUT2D eigenvalue weighted by atomic mass is 19.4. The Kier molecular flexibility index (Phi) is 26.6. The van der Waals surface area contributed by atoms with E-state index in [1.54, 1.807) is 0 Å².